The van der Waals surface area contributed by atoms with Crippen molar-refractivity contribution in [2.24, 2.45) is 4.99 Å². The second-order valence-corrected chi connectivity index (χ2v) is 11.1. The Hall–Kier alpha value is -5.21. The smallest absolute Gasteiger partial charge is 0.0815 e. The minimum atomic E-state index is 0.973. The lowest BCUT2D eigenvalue weighted by Crippen LogP contribution is -1.97. The van der Waals surface area contributed by atoms with Gasteiger partial charge in [0.05, 0.1) is 22.8 Å². The monoisotopic (exact) mass is 540 g/mol. The van der Waals surface area contributed by atoms with Crippen molar-refractivity contribution in [2.75, 3.05) is 0 Å². The molecule has 0 unspecified atom stereocenters. The number of benzene rings is 5. The van der Waals surface area contributed by atoms with Gasteiger partial charge in [-0.1, -0.05) is 132 Å². The van der Waals surface area contributed by atoms with Gasteiger partial charge in [-0.05, 0) is 49.6 Å². The number of nitrogens with zero attached hydrogens (tertiary/aromatic N) is 1. The normalized spacial score (nSPS) is 14.2. The van der Waals surface area contributed by atoms with Gasteiger partial charge in [-0.15, -0.1) is 0 Å². The first kappa shape index (κ1) is 25.7. The van der Waals surface area contributed by atoms with E-state index < -0.39 is 0 Å². The third-order valence-corrected chi connectivity index (χ3v) is 8.09. The van der Waals surface area contributed by atoms with Crippen molar-refractivity contribution in [1.29, 1.82) is 0 Å². The summed E-state index contributed by atoms with van der Waals surface area (Å²) in [5.74, 6) is 0. The van der Waals surface area contributed by atoms with E-state index in [-0.39, 0.29) is 0 Å². The van der Waals surface area contributed by atoms with E-state index >= 15 is 0 Å². The Morgan fingerprint density at radius 3 is 2.02 bits per heavy atom. The largest absolute Gasteiger partial charge is 0.353 e. The molecule has 5 aromatic carbocycles. The van der Waals surface area contributed by atoms with E-state index in [2.05, 4.69) is 159 Å². The van der Waals surface area contributed by atoms with Crippen LogP contribution in [-0.2, 0) is 0 Å². The van der Waals surface area contributed by atoms with Gasteiger partial charge in [0.1, 0.15) is 0 Å². The molecule has 0 bridgehead atoms. The van der Waals surface area contributed by atoms with Gasteiger partial charge in [0.15, 0.2) is 0 Å². The molecule has 202 valence electrons. The summed E-state index contributed by atoms with van der Waals surface area (Å²) in [6.45, 7) is 6.49. The van der Waals surface area contributed by atoms with Crippen LogP contribution in [0.15, 0.2) is 144 Å². The van der Waals surface area contributed by atoms with Crippen LogP contribution in [0, 0.1) is 20.8 Å². The molecule has 2 heterocycles. The predicted octanol–water partition coefficient (Wildman–Crippen LogP) is 10.1. The maximum atomic E-state index is 5.40. The minimum absolute atomic E-state index is 0.973. The maximum Gasteiger partial charge on any atom is 0.0815 e. The highest BCUT2D eigenvalue weighted by atomic mass is 14.8. The topological polar surface area (TPSA) is 28.1 Å². The summed E-state index contributed by atoms with van der Waals surface area (Å²) in [5, 5.41) is 2.40. The van der Waals surface area contributed by atoms with E-state index in [4.69, 9.17) is 4.99 Å². The van der Waals surface area contributed by atoms with Crippen molar-refractivity contribution in [2.45, 2.75) is 20.8 Å². The van der Waals surface area contributed by atoms with E-state index in [0.717, 1.165) is 45.1 Å². The first-order valence-electron chi connectivity index (χ1n) is 14.5. The fourth-order valence-corrected chi connectivity index (χ4v) is 6.00. The Labute approximate surface area is 247 Å². The van der Waals surface area contributed by atoms with E-state index in [0.29, 0.717) is 0 Å². The highest BCUT2D eigenvalue weighted by molar-refractivity contribution is 6.20. The lowest BCUT2D eigenvalue weighted by atomic mass is 9.92. The van der Waals surface area contributed by atoms with E-state index in [1.165, 1.54) is 38.6 Å². The zero-order valence-electron chi connectivity index (χ0n) is 24.1. The van der Waals surface area contributed by atoms with Crippen LogP contribution >= 0.6 is 0 Å². The molecule has 0 atom stereocenters. The van der Waals surface area contributed by atoms with Crippen molar-refractivity contribution >= 4 is 27.6 Å². The molecule has 0 aliphatic carbocycles. The van der Waals surface area contributed by atoms with Crippen LogP contribution in [0.3, 0.4) is 0 Å². The summed E-state index contributed by atoms with van der Waals surface area (Å²) in [7, 11) is 0. The van der Waals surface area contributed by atoms with Gasteiger partial charge in [0.2, 0.25) is 0 Å². The van der Waals surface area contributed by atoms with Gasteiger partial charge in [0.25, 0.3) is 0 Å². The zero-order valence-corrected chi connectivity index (χ0v) is 24.1. The second kappa shape index (κ2) is 10.6. The molecule has 1 aromatic heterocycles. The number of H-pyrrole nitrogens is 1. The summed E-state index contributed by atoms with van der Waals surface area (Å²) < 4.78 is 0. The van der Waals surface area contributed by atoms with Gasteiger partial charge >= 0.3 is 0 Å². The molecule has 0 saturated carbocycles. The number of rotatable bonds is 5. The van der Waals surface area contributed by atoms with Crippen LogP contribution in [-0.4, -0.2) is 10.7 Å². The number of aliphatic imine (C=N–C) groups is 1. The molecule has 0 radical (unpaired) electrons. The number of aryl methyl sites for hydroxylation is 3. The number of allylic oxidation sites excluding steroid dienone is 2. The highest BCUT2D eigenvalue weighted by Crippen LogP contribution is 2.43. The summed E-state index contributed by atoms with van der Waals surface area (Å²) in [5.41, 5.74) is 14.8. The van der Waals surface area contributed by atoms with E-state index in [9.17, 15) is 0 Å². The number of fused-ring (bicyclic) bond motifs is 1. The minimum Gasteiger partial charge on any atom is -0.353 e. The summed E-state index contributed by atoms with van der Waals surface area (Å²) in [4.78, 5) is 9.34. The number of aromatic nitrogens is 1. The number of nitrogens with one attached hydrogen (secondary N) is 1. The van der Waals surface area contributed by atoms with Gasteiger partial charge in [-0.25, -0.2) is 4.99 Å². The van der Waals surface area contributed by atoms with Crippen LogP contribution in [0.2, 0.25) is 0 Å². The molecule has 6 aromatic rings. The van der Waals surface area contributed by atoms with Crippen molar-refractivity contribution in [3.63, 3.8) is 0 Å². The fraction of sp³-hybridized carbons (Fsp3) is 0.0750. The Kier molecular flexibility index (Phi) is 6.52. The zero-order chi connectivity index (χ0) is 28.6. The third kappa shape index (κ3) is 4.61. The fourth-order valence-electron chi connectivity index (χ4n) is 6.00. The van der Waals surface area contributed by atoms with Crippen LogP contribution in [0.25, 0.3) is 33.2 Å². The molecular formula is C40H32N2. The summed E-state index contributed by atoms with van der Waals surface area (Å²) >= 11 is 0. The Morgan fingerprint density at radius 1 is 0.595 bits per heavy atom. The molecule has 1 aliphatic heterocycles. The summed E-state index contributed by atoms with van der Waals surface area (Å²) in [6.07, 6.45) is 2.25. The lowest BCUT2D eigenvalue weighted by molar-refractivity contribution is 1.30. The molecule has 2 heteroatoms. The molecule has 0 spiro atoms. The third-order valence-electron chi connectivity index (χ3n) is 8.09. The molecule has 0 amide bonds. The maximum absolute atomic E-state index is 5.40. The van der Waals surface area contributed by atoms with Gasteiger partial charge < -0.3 is 4.98 Å². The molecule has 7 rings (SSSR count). The quantitative estimate of drug-likeness (QED) is 0.225. The van der Waals surface area contributed by atoms with Crippen molar-refractivity contribution in [3.05, 3.63) is 178 Å². The van der Waals surface area contributed by atoms with Crippen molar-refractivity contribution in [3.8, 4) is 11.3 Å². The first-order chi connectivity index (χ1) is 20.6. The molecule has 1 aliphatic rings. The van der Waals surface area contributed by atoms with Crippen LogP contribution in [0.1, 0.15) is 39.1 Å². The number of hydrogen-bond donors (Lipinski definition) is 1. The van der Waals surface area contributed by atoms with Crippen molar-refractivity contribution in [1.82, 2.24) is 4.98 Å². The molecular weight excluding hydrogens is 508 g/mol. The SMILES string of the molecule is Cc1cccc(C2=CC(c3ccccc3)=N/C2=C(/c2ccccc2)c2[nH]c(-c3cc(C)ccc3C)c3ccccc23)c1. The summed E-state index contributed by atoms with van der Waals surface area (Å²) in [6, 6.07) is 45.3. The predicted molar refractivity (Wildman–Crippen MR) is 178 cm³/mol. The standard InChI is InChI=1S/C40H32N2/c1-26-13-12-18-31(23-26)35-25-36(29-14-6-4-7-15-29)41-40(35)37(30-16-8-5-9-17-30)39-33-20-11-10-19-32(33)38(42-39)34-24-27(2)21-22-28(34)3/h4-25,42H,1-3H3/b40-37-. The first-order valence-corrected chi connectivity index (χ1v) is 14.5. The number of hydrogen-bond acceptors (Lipinski definition) is 1. The molecule has 0 fully saturated rings. The van der Waals surface area contributed by atoms with Crippen LogP contribution in [0.4, 0.5) is 0 Å². The van der Waals surface area contributed by atoms with Crippen LogP contribution < -0.4 is 0 Å². The number of aromatic amines is 1. The molecule has 2 nitrogen and oxygen atoms in total. The molecule has 1 N–H and O–H groups in total. The molecule has 42 heavy (non-hydrogen) atoms. The van der Waals surface area contributed by atoms with Gasteiger partial charge in [-0.3, -0.25) is 0 Å². The Bertz CT molecular complexity index is 2040. The average molecular weight is 541 g/mol. The second-order valence-electron chi connectivity index (χ2n) is 11.1. The van der Waals surface area contributed by atoms with Crippen LogP contribution in [0.5, 0.6) is 0 Å². The Balaban J connectivity index is 1.57. The lowest BCUT2D eigenvalue weighted by Gasteiger charge is -2.14. The van der Waals surface area contributed by atoms with E-state index in [1.54, 1.807) is 0 Å². The van der Waals surface area contributed by atoms with Crippen molar-refractivity contribution < 1.29 is 0 Å². The average Bonchev–Trinajstić information content (AvgIpc) is 3.63. The highest BCUT2D eigenvalue weighted by Gasteiger charge is 2.26. The molecule has 0 saturated heterocycles. The Morgan fingerprint density at radius 2 is 1.26 bits per heavy atom. The van der Waals surface area contributed by atoms with Gasteiger partial charge in [-0.2, -0.15) is 0 Å². The van der Waals surface area contributed by atoms with Gasteiger partial charge in [0, 0.05) is 33.0 Å². The van der Waals surface area contributed by atoms with E-state index in [1.807, 2.05) is 0 Å².